The van der Waals surface area contributed by atoms with Crippen LogP contribution in [-0.4, -0.2) is 21.1 Å². The summed E-state index contributed by atoms with van der Waals surface area (Å²) in [7, 11) is 0. The van der Waals surface area contributed by atoms with Crippen LogP contribution in [-0.2, 0) is 4.79 Å². The van der Waals surface area contributed by atoms with E-state index in [0.29, 0.717) is 11.7 Å². The number of nitrogens with zero attached hydrogens (tertiary/aromatic N) is 2. The van der Waals surface area contributed by atoms with Crippen molar-refractivity contribution in [3.63, 3.8) is 0 Å². The van der Waals surface area contributed by atoms with Gasteiger partial charge >= 0.3 is 0 Å². The average Bonchev–Trinajstić information content (AvgIpc) is 2.78. The molecule has 2 N–H and O–H groups in total. The molecule has 0 radical (unpaired) electrons. The molecule has 5 heteroatoms. The number of amides is 1. The lowest BCUT2D eigenvalue weighted by Crippen LogP contribution is -2.07. The number of nitrogens with one attached hydrogen (secondary N) is 2. The van der Waals surface area contributed by atoms with E-state index in [2.05, 4.69) is 20.5 Å². The Hall–Kier alpha value is -2.17. The molecule has 1 aromatic carbocycles. The smallest absolute Gasteiger partial charge is 0.221 e. The first-order valence-corrected chi connectivity index (χ1v) is 5.87. The van der Waals surface area contributed by atoms with Gasteiger partial charge < -0.3 is 5.32 Å². The van der Waals surface area contributed by atoms with Crippen LogP contribution >= 0.6 is 0 Å². The molecule has 5 nitrogen and oxygen atoms in total. The maximum absolute atomic E-state index is 11.2. The molecule has 0 atom stereocenters. The van der Waals surface area contributed by atoms with Crippen LogP contribution in [0.4, 0.5) is 5.69 Å². The summed E-state index contributed by atoms with van der Waals surface area (Å²) >= 11 is 0. The van der Waals surface area contributed by atoms with Gasteiger partial charge in [-0.2, -0.15) is 5.10 Å². The molecule has 0 saturated carbocycles. The summed E-state index contributed by atoms with van der Waals surface area (Å²) in [5.74, 6) is 1.62. The molecule has 94 valence electrons. The Morgan fingerprint density at radius 2 is 2.06 bits per heavy atom. The third kappa shape index (κ3) is 2.56. The topological polar surface area (TPSA) is 70.7 Å². The van der Waals surface area contributed by atoms with Crippen molar-refractivity contribution in [3.05, 3.63) is 30.1 Å². The quantitative estimate of drug-likeness (QED) is 0.871. The average molecular weight is 244 g/mol. The summed E-state index contributed by atoms with van der Waals surface area (Å²) in [6, 6.07) is 7.48. The fourth-order valence-corrected chi connectivity index (χ4v) is 1.63. The van der Waals surface area contributed by atoms with E-state index in [0.717, 1.165) is 17.1 Å². The van der Waals surface area contributed by atoms with Gasteiger partial charge in [-0.05, 0) is 12.1 Å². The zero-order valence-electron chi connectivity index (χ0n) is 10.7. The maximum Gasteiger partial charge on any atom is 0.221 e. The molecule has 2 aromatic rings. The highest BCUT2D eigenvalue weighted by Crippen LogP contribution is 2.25. The van der Waals surface area contributed by atoms with Gasteiger partial charge in [-0.15, -0.1) is 0 Å². The number of aromatic nitrogens is 3. The number of aromatic amines is 1. The normalized spacial score (nSPS) is 10.7. The van der Waals surface area contributed by atoms with Crippen molar-refractivity contribution in [2.45, 2.75) is 26.7 Å². The van der Waals surface area contributed by atoms with Crippen molar-refractivity contribution in [1.82, 2.24) is 15.2 Å². The molecule has 1 amide bonds. The number of hydrogen-bond acceptors (Lipinski definition) is 3. The van der Waals surface area contributed by atoms with Crippen LogP contribution in [0.15, 0.2) is 24.3 Å². The van der Waals surface area contributed by atoms with Gasteiger partial charge in [0.1, 0.15) is 5.82 Å². The number of benzene rings is 1. The minimum atomic E-state index is -0.109. The number of H-pyrrole nitrogens is 1. The van der Waals surface area contributed by atoms with Gasteiger partial charge in [-0.25, -0.2) is 4.98 Å². The van der Waals surface area contributed by atoms with Crippen molar-refractivity contribution in [2.24, 2.45) is 0 Å². The van der Waals surface area contributed by atoms with E-state index in [9.17, 15) is 4.79 Å². The van der Waals surface area contributed by atoms with Crippen LogP contribution < -0.4 is 5.32 Å². The molecule has 0 fully saturated rings. The largest absolute Gasteiger partial charge is 0.326 e. The second kappa shape index (κ2) is 5.00. The summed E-state index contributed by atoms with van der Waals surface area (Å²) in [5.41, 5.74) is 1.54. The van der Waals surface area contributed by atoms with Crippen molar-refractivity contribution >= 4 is 11.6 Å². The van der Waals surface area contributed by atoms with E-state index >= 15 is 0 Å². The highest BCUT2D eigenvalue weighted by atomic mass is 16.1. The van der Waals surface area contributed by atoms with E-state index in [1.54, 1.807) is 0 Å². The van der Waals surface area contributed by atoms with Gasteiger partial charge in [0.25, 0.3) is 0 Å². The number of anilines is 1. The maximum atomic E-state index is 11.2. The fraction of sp³-hybridized carbons (Fsp3) is 0.308. The molecule has 2 rings (SSSR count). The van der Waals surface area contributed by atoms with Crippen molar-refractivity contribution in [2.75, 3.05) is 5.32 Å². The van der Waals surface area contributed by atoms with Crippen LogP contribution in [0.3, 0.4) is 0 Å². The molecule has 0 aliphatic carbocycles. The van der Waals surface area contributed by atoms with E-state index in [4.69, 9.17) is 0 Å². The second-order valence-electron chi connectivity index (χ2n) is 4.43. The first-order chi connectivity index (χ1) is 8.58. The Balaban J connectivity index is 2.39. The Bertz CT molecular complexity index is 560. The Kier molecular flexibility index (Phi) is 3.41. The van der Waals surface area contributed by atoms with E-state index < -0.39 is 0 Å². The lowest BCUT2D eigenvalue weighted by atomic mass is 10.1. The predicted octanol–water partition coefficient (Wildman–Crippen LogP) is 2.55. The van der Waals surface area contributed by atoms with Gasteiger partial charge in [0.2, 0.25) is 5.91 Å². The van der Waals surface area contributed by atoms with Gasteiger partial charge in [-0.3, -0.25) is 9.89 Å². The summed E-state index contributed by atoms with van der Waals surface area (Å²) in [4.78, 5) is 15.6. The van der Waals surface area contributed by atoms with Gasteiger partial charge in [-0.1, -0.05) is 26.0 Å². The number of para-hydroxylation sites is 1. The van der Waals surface area contributed by atoms with Crippen molar-refractivity contribution in [3.8, 4) is 11.4 Å². The number of hydrogen-bond donors (Lipinski definition) is 2. The molecule has 1 aromatic heterocycles. The fourth-order valence-electron chi connectivity index (χ4n) is 1.63. The van der Waals surface area contributed by atoms with Gasteiger partial charge in [0.15, 0.2) is 5.82 Å². The van der Waals surface area contributed by atoms with Gasteiger partial charge in [0, 0.05) is 18.4 Å². The Morgan fingerprint density at radius 3 is 2.67 bits per heavy atom. The van der Waals surface area contributed by atoms with Crippen LogP contribution in [0, 0.1) is 0 Å². The zero-order chi connectivity index (χ0) is 13.1. The standard InChI is InChI=1S/C13H16N4O/c1-8(2)12-15-13(17-16-12)10-6-4-5-7-11(10)14-9(3)18/h4-8H,1-3H3,(H,14,18)(H,15,16,17). The molecule has 1 heterocycles. The van der Waals surface area contributed by atoms with Crippen molar-refractivity contribution < 1.29 is 4.79 Å². The molecule has 18 heavy (non-hydrogen) atoms. The summed E-state index contributed by atoms with van der Waals surface area (Å²) < 4.78 is 0. The molecular formula is C13H16N4O. The highest BCUT2D eigenvalue weighted by Gasteiger charge is 2.12. The third-order valence-electron chi connectivity index (χ3n) is 2.53. The van der Waals surface area contributed by atoms with Crippen LogP contribution in [0.25, 0.3) is 11.4 Å². The van der Waals surface area contributed by atoms with E-state index in [1.165, 1.54) is 6.92 Å². The van der Waals surface area contributed by atoms with Crippen molar-refractivity contribution in [1.29, 1.82) is 0 Å². The van der Waals surface area contributed by atoms with E-state index in [-0.39, 0.29) is 5.91 Å². The van der Waals surface area contributed by atoms with Gasteiger partial charge in [0.05, 0.1) is 5.69 Å². The second-order valence-corrected chi connectivity index (χ2v) is 4.43. The summed E-state index contributed by atoms with van der Waals surface area (Å²) in [5, 5.41) is 9.88. The van der Waals surface area contributed by atoms with Crippen LogP contribution in [0.1, 0.15) is 32.5 Å². The molecular weight excluding hydrogens is 228 g/mol. The summed E-state index contributed by atoms with van der Waals surface area (Å²) in [6.07, 6.45) is 0. The highest BCUT2D eigenvalue weighted by molar-refractivity contribution is 5.93. The third-order valence-corrected chi connectivity index (χ3v) is 2.53. The molecule has 0 bridgehead atoms. The lowest BCUT2D eigenvalue weighted by Gasteiger charge is -2.06. The number of carbonyl (C=O) groups is 1. The predicted molar refractivity (Wildman–Crippen MR) is 70.2 cm³/mol. The molecule has 0 spiro atoms. The Morgan fingerprint density at radius 1 is 1.33 bits per heavy atom. The molecule has 0 unspecified atom stereocenters. The summed E-state index contributed by atoms with van der Waals surface area (Å²) in [6.45, 7) is 5.57. The first-order valence-electron chi connectivity index (χ1n) is 5.87. The zero-order valence-corrected chi connectivity index (χ0v) is 10.7. The monoisotopic (exact) mass is 244 g/mol. The van der Waals surface area contributed by atoms with E-state index in [1.807, 2.05) is 38.1 Å². The lowest BCUT2D eigenvalue weighted by molar-refractivity contribution is -0.114. The molecule has 0 aliphatic rings. The number of rotatable bonds is 3. The SMILES string of the molecule is CC(=O)Nc1ccccc1-c1n[nH]c(C(C)C)n1. The van der Waals surface area contributed by atoms with Crippen LogP contribution in [0.5, 0.6) is 0 Å². The minimum Gasteiger partial charge on any atom is -0.326 e. The minimum absolute atomic E-state index is 0.109. The van der Waals surface area contributed by atoms with Crippen LogP contribution in [0.2, 0.25) is 0 Å². The first kappa shape index (κ1) is 12.3. The Labute approximate surface area is 106 Å². The molecule has 0 saturated heterocycles. The molecule has 0 aliphatic heterocycles. The number of carbonyl (C=O) groups excluding carboxylic acids is 1.